The lowest BCUT2D eigenvalue weighted by molar-refractivity contribution is 0.411. The monoisotopic (exact) mass is 260 g/mol. The molecule has 0 aliphatic rings. The van der Waals surface area contributed by atoms with E-state index >= 15 is 0 Å². The molecule has 1 aromatic heterocycles. The standard InChI is InChI=1S/C11H20N2O3S/c1-5-12-7-6-10-13-8-9(16-10)11(2,3)17(4,14)15/h8,12H,5-7H2,1-4H3. The summed E-state index contributed by atoms with van der Waals surface area (Å²) in [6.07, 6.45) is 3.36. The predicted molar refractivity (Wildman–Crippen MR) is 66.6 cm³/mol. The lowest BCUT2D eigenvalue weighted by Gasteiger charge is -2.18. The molecule has 5 nitrogen and oxygen atoms in total. The molecule has 0 aromatic carbocycles. The van der Waals surface area contributed by atoms with Crippen molar-refractivity contribution in [2.75, 3.05) is 19.3 Å². The SMILES string of the molecule is CCNCCc1ncc(C(C)(C)S(C)(=O)=O)o1. The fraction of sp³-hybridized carbons (Fsp3) is 0.727. The minimum absolute atomic E-state index is 0.395. The highest BCUT2D eigenvalue weighted by Crippen LogP contribution is 2.29. The second-order valence-corrected chi connectivity index (χ2v) is 7.07. The zero-order chi connectivity index (χ0) is 13.1. The average Bonchev–Trinajstić information content (AvgIpc) is 2.65. The van der Waals surface area contributed by atoms with Crippen LogP contribution in [0.5, 0.6) is 0 Å². The van der Waals surface area contributed by atoms with Crippen molar-refractivity contribution < 1.29 is 12.8 Å². The van der Waals surface area contributed by atoms with E-state index < -0.39 is 14.6 Å². The van der Waals surface area contributed by atoms with Crippen LogP contribution in [0, 0.1) is 0 Å². The van der Waals surface area contributed by atoms with E-state index in [0.717, 1.165) is 13.1 Å². The summed E-state index contributed by atoms with van der Waals surface area (Å²) in [5.41, 5.74) is 0. The van der Waals surface area contributed by atoms with Gasteiger partial charge >= 0.3 is 0 Å². The first-order valence-corrected chi connectivity index (χ1v) is 7.53. The maximum atomic E-state index is 11.6. The predicted octanol–water partition coefficient (Wildman–Crippen LogP) is 1.11. The van der Waals surface area contributed by atoms with Crippen LogP contribution in [0.15, 0.2) is 10.6 Å². The van der Waals surface area contributed by atoms with Crippen LogP contribution in [0.3, 0.4) is 0 Å². The van der Waals surface area contributed by atoms with E-state index in [1.807, 2.05) is 6.92 Å². The fourth-order valence-corrected chi connectivity index (χ4v) is 1.72. The topological polar surface area (TPSA) is 72.2 Å². The van der Waals surface area contributed by atoms with Gasteiger partial charge in [0.15, 0.2) is 15.7 Å². The van der Waals surface area contributed by atoms with Crippen molar-refractivity contribution >= 4 is 9.84 Å². The molecule has 0 saturated heterocycles. The Labute approximate surface area is 103 Å². The summed E-state index contributed by atoms with van der Waals surface area (Å²) >= 11 is 0. The Morgan fingerprint density at radius 1 is 1.47 bits per heavy atom. The number of nitrogens with one attached hydrogen (secondary N) is 1. The summed E-state index contributed by atoms with van der Waals surface area (Å²) in [6, 6.07) is 0. The van der Waals surface area contributed by atoms with Crippen LogP contribution < -0.4 is 5.32 Å². The van der Waals surface area contributed by atoms with E-state index in [2.05, 4.69) is 10.3 Å². The van der Waals surface area contributed by atoms with Crippen molar-refractivity contribution in [2.24, 2.45) is 0 Å². The van der Waals surface area contributed by atoms with Crippen LogP contribution in [0.1, 0.15) is 32.4 Å². The third-order valence-electron chi connectivity index (χ3n) is 2.84. The molecule has 17 heavy (non-hydrogen) atoms. The van der Waals surface area contributed by atoms with Crippen molar-refractivity contribution in [3.05, 3.63) is 17.8 Å². The average molecular weight is 260 g/mol. The van der Waals surface area contributed by atoms with Crippen LogP contribution in [0.2, 0.25) is 0 Å². The van der Waals surface area contributed by atoms with Crippen LogP contribution in [0.25, 0.3) is 0 Å². The van der Waals surface area contributed by atoms with Gasteiger partial charge in [0.1, 0.15) is 10.5 Å². The second kappa shape index (κ2) is 5.18. The Hall–Kier alpha value is -0.880. The molecule has 1 heterocycles. The van der Waals surface area contributed by atoms with Gasteiger partial charge in [-0.3, -0.25) is 0 Å². The van der Waals surface area contributed by atoms with Crippen LogP contribution in [-0.2, 0) is 21.0 Å². The van der Waals surface area contributed by atoms with Gasteiger partial charge in [-0.25, -0.2) is 13.4 Å². The van der Waals surface area contributed by atoms with Crippen molar-refractivity contribution in [1.29, 1.82) is 0 Å². The molecule has 98 valence electrons. The summed E-state index contributed by atoms with van der Waals surface area (Å²) in [5.74, 6) is 0.962. The first-order chi connectivity index (χ1) is 7.79. The van der Waals surface area contributed by atoms with Crippen LogP contribution in [0.4, 0.5) is 0 Å². The van der Waals surface area contributed by atoms with Gasteiger partial charge in [0.25, 0.3) is 0 Å². The molecular weight excluding hydrogens is 240 g/mol. The number of likely N-dealkylation sites (N-methyl/N-ethyl adjacent to an activating group) is 1. The third-order valence-corrected chi connectivity index (χ3v) is 4.89. The maximum Gasteiger partial charge on any atom is 0.195 e. The van der Waals surface area contributed by atoms with Gasteiger partial charge in [-0.15, -0.1) is 0 Å². The van der Waals surface area contributed by atoms with E-state index in [-0.39, 0.29) is 0 Å². The molecule has 1 aromatic rings. The van der Waals surface area contributed by atoms with Crippen molar-refractivity contribution in [1.82, 2.24) is 10.3 Å². The highest BCUT2D eigenvalue weighted by atomic mass is 32.2. The first kappa shape index (κ1) is 14.2. The Balaban J connectivity index is 2.81. The van der Waals surface area contributed by atoms with E-state index in [1.165, 1.54) is 12.5 Å². The molecular formula is C11H20N2O3S. The summed E-state index contributed by atoms with van der Waals surface area (Å²) in [5, 5.41) is 3.16. The van der Waals surface area contributed by atoms with E-state index in [1.54, 1.807) is 13.8 Å². The molecule has 0 fully saturated rings. The van der Waals surface area contributed by atoms with Crippen molar-refractivity contribution in [2.45, 2.75) is 31.9 Å². The Kier molecular flexibility index (Phi) is 4.32. The van der Waals surface area contributed by atoms with Gasteiger partial charge in [0.05, 0.1) is 6.20 Å². The summed E-state index contributed by atoms with van der Waals surface area (Å²) in [4.78, 5) is 4.10. The summed E-state index contributed by atoms with van der Waals surface area (Å²) in [6.45, 7) is 6.93. The molecule has 0 aliphatic heterocycles. The highest BCUT2D eigenvalue weighted by Gasteiger charge is 2.36. The lowest BCUT2D eigenvalue weighted by atomic mass is 10.2. The third kappa shape index (κ3) is 3.29. The molecule has 0 spiro atoms. The molecule has 0 radical (unpaired) electrons. The van der Waals surface area contributed by atoms with Crippen molar-refractivity contribution in [3.63, 3.8) is 0 Å². The molecule has 6 heteroatoms. The smallest absolute Gasteiger partial charge is 0.195 e. The van der Waals surface area contributed by atoms with Gasteiger partial charge in [0, 0.05) is 19.2 Å². The Morgan fingerprint density at radius 3 is 2.65 bits per heavy atom. The molecule has 0 unspecified atom stereocenters. The summed E-state index contributed by atoms with van der Waals surface area (Å²) < 4.78 is 27.7. The summed E-state index contributed by atoms with van der Waals surface area (Å²) in [7, 11) is -3.22. The van der Waals surface area contributed by atoms with Gasteiger partial charge < -0.3 is 9.73 Å². The van der Waals surface area contributed by atoms with Crippen LogP contribution in [-0.4, -0.2) is 32.7 Å². The molecule has 0 atom stereocenters. The number of aromatic nitrogens is 1. The zero-order valence-electron chi connectivity index (χ0n) is 10.8. The molecule has 0 bridgehead atoms. The zero-order valence-corrected chi connectivity index (χ0v) is 11.6. The van der Waals surface area contributed by atoms with E-state index in [9.17, 15) is 8.42 Å². The lowest BCUT2D eigenvalue weighted by Crippen LogP contribution is -2.27. The Bertz CT molecular complexity index is 463. The van der Waals surface area contributed by atoms with Gasteiger partial charge in [-0.05, 0) is 20.4 Å². The Morgan fingerprint density at radius 2 is 2.12 bits per heavy atom. The van der Waals surface area contributed by atoms with Gasteiger partial charge in [-0.1, -0.05) is 6.92 Å². The largest absolute Gasteiger partial charge is 0.444 e. The molecule has 1 rings (SSSR count). The fourth-order valence-electron chi connectivity index (χ4n) is 1.26. The number of rotatable bonds is 6. The number of nitrogens with zero attached hydrogens (tertiary/aromatic N) is 1. The maximum absolute atomic E-state index is 11.6. The van der Waals surface area contributed by atoms with E-state index in [4.69, 9.17) is 4.42 Å². The minimum Gasteiger partial charge on any atom is -0.444 e. The minimum atomic E-state index is -3.22. The second-order valence-electron chi connectivity index (χ2n) is 4.50. The van der Waals surface area contributed by atoms with Crippen LogP contribution >= 0.6 is 0 Å². The number of oxazole rings is 1. The van der Waals surface area contributed by atoms with Gasteiger partial charge in [-0.2, -0.15) is 0 Å². The van der Waals surface area contributed by atoms with Gasteiger partial charge in [0.2, 0.25) is 0 Å². The number of sulfone groups is 1. The normalized spacial score (nSPS) is 12.9. The molecule has 0 saturated carbocycles. The van der Waals surface area contributed by atoms with E-state index in [0.29, 0.717) is 18.1 Å². The first-order valence-electron chi connectivity index (χ1n) is 5.64. The molecule has 0 aliphatic carbocycles. The number of hydrogen-bond donors (Lipinski definition) is 1. The molecule has 0 amide bonds. The van der Waals surface area contributed by atoms with Crippen molar-refractivity contribution in [3.8, 4) is 0 Å². The molecule has 1 N–H and O–H groups in total. The highest BCUT2D eigenvalue weighted by molar-refractivity contribution is 7.91. The quantitative estimate of drug-likeness (QED) is 0.776. The number of hydrogen-bond acceptors (Lipinski definition) is 5.